The van der Waals surface area contributed by atoms with Gasteiger partial charge in [0.2, 0.25) is 0 Å². The van der Waals surface area contributed by atoms with Crippen molar-refractivity contribution in [1.29, 1.82) is 0 Å². The van der Waals surface area contributed by atoms with Gasteiger partial charge in [-0.3, -0.25) is 4.40 Å². The number of nitrogens with zero attached hydrogens (tertiary/aromatic N) is 4. The number of fused-ring (bicyclic) bond motifs is 13. The van der Waals surface area contributed by atoms with Crippen molar-refractivity contribution in [3.05, 3.63) is 144 Å². The summed E-state index contributed by atoms with van der Waals surface area (Å²) in [5.41, 5.74) is 16.7. The lowest BCUT2D eigenvalue weighted by Crippen LogP contribution is -2.02. The summed E-state index contributed by atoms with van der Waals surface area (Å²) in [6.07, 6.45) is 14.3. The van der Waals surface area contributed by atoms with Crippen LogP contribution in [0.15, 0.2) is 131 Å². The molecule has 6 heteroatoms. The number of pyridine rings is 1. The van der Waals surface area contributed by atoms with Gasteiger partial charge in [-0.25, -0.2) is 15.0 Å². The third-order valence-corrected chi connectivity index (χ3v) is 14.7. The van der Waals surface area contributed by atoms with E-state index in [1.54, 1.807) is 6.33 Å². The van der Waals surface area contributed by atoms with Crippen LogP contribution in [-0.4, -0.2) is 19.4 Å². The number of rotatable bonds is 2. The third-order valence-electron chi connectivity index (χ3n) is 12.2. The van der Waals surface area contributed by atoms with Gasteiger partial charge in [-0.05, 0) is 111 Å². The molecular weight excluding hydrogens is 721 g/mol. The molecule has 3 aliphatic rings. The highest BCUT2D eigenvalue weighted by Crippen LogP contribution is 2.50. The van der Waals surface area contributed by atoms with Crippen LogP contribution in [0.25, 0.3) is 104 Å². The second-order valence-electron chi connectivity index (χ2n) is 15.6. The summed E-state index contributed by atoms with van der Waals surface area (Å²) < 4.78 is 5.04. The van der Waals surface area contributed by atoms with E-state index in [4.69, 9.17) is 9.97 Å². The summed E-state index contributed by atoms with van der Waals surface area (Å²) in [6.45, 7) is 2.31. The largest absolute Gasteiger partial charge is 0.291 e. The molecule has 1 atom stereocenters. The lowest BCUT2D eigenvalue weighted by molar-refractivity contribution is 0.718. The minimum Gasteiger partial charge on any atom is -0.291 e. The molecule has 13 rings (SSSR count). The number of allylic oxidation sites excluding steroid dienone is 2. The van der Waals surface area contributed by atoms with Crippen LogP contribution in [0.3, 0.4) is 0 Å². The Morgan fingerprint density at radius 3 is 2.57 bits per heavy atom. The van der Waals surface area contributed by atoms with Gasteiger partial charge in [0.15, 0.2) is 5.65 Å². The fourth-order valence-corrected chi connectivity index (χ4v) is 12.0. The van der Waals surface area contributed by atoms with E-state index in [9.17, 15) is 0 Å². The normalized spacial score (nSPS) is 15.7. The first kappa shape index (κ1) is 31.2. The SMILES string of the molecule is CC1C=Cc2c(ccc3c2sc2c3cc(-c3ccc(-c4ccc5ncnc6c5c4Sc4ccccc4-6)cc3)n3c4cc5cc6c(cc5cc4nc23)C=CCC6)C1. The smallest absolute Gasteiger partial charge is 0.156 e. The minimum atomic E-state index is 0.557. The fourth-order valence-electron chi connectivity index (χ4n) is 9.50. The summed E-state index contributed by atoms with van der Waals surface area (Å²) in [7, 11) is 0. The molecule has 4 nitrogen and oxygen atoms in total. The molecule has 1 aliphatic heterocycles. The molecule has 5 heterocycles. The van der Waals surface area contributed by atoms with Gasteiger partial charge in [0, 0.05) is 36.2 Å². The number of aromatic nitrogens is 4. The van der Waals surface area contributed by atoms with Crippen molar-refractivity contribution in [2.75, 3.05) is 0 Å². The van der Waals surface area contributed by atoms with Gasteiger partial charge in [0.25, 0.3) is 0 Å². The van der Waals surface area contributed by atoms with Crippen molar-refractivity contribution in [2.45, 2.75) is 36.0 Å². The van der Waals surface area contributed by atoms with Gasteiger partial charge >= 0.3 is 0 Å². The zero-order chi connectivity index (χ0) is 36.6. The van der Waals surface area contributed by atoms with Crippen LogP contribution in [0.5, 0.6) is 0 Å². The van der Waals surface area contributed by atoms with Gasteiger partial charge in [-0.2, -0.15) is 0 Å². The molecule has 0 saturated carbocycles. The molecule has 264 valence electrons. The molecule has 0 amide bonds. The minimum absolute atomic E-state index is 0.557. The van der Waals surface area contributed by atoms with Gasteiger partial charge in [0.1, 0.15) is 6.33 Å². The molecule has 0 radical (unpaired) electrons. The molecule has 0 saturated heterocycles. The Labute approximate surface area is 330 Å². The number of aryl methyl sites for hydroxylation is 1. The first-order chi connectivity index (χ1) is 27.6. The number of imidazole rings is 1. The highest BCUT2D eigenvalue weighted by atomic mass is 32.2. The monoisotopic (exact) mass is 752 g/mol. The van der Waals surface area contributed by atoms with E-state index in [2.05, 4.69) is 144 Å². The summed E-state index contributed by atoms with van der Waals surface area (Å²) in [5, 5.41) is 6.23. The van der Waals surface area contributed by atoms with Crippen LogP contribution in [0.4, 0.5) is 0 Å². The van der Waals surface area contributed by atoms with Gasteiger partial charge < -0.3 is 0 Å². The molecule has 4 aromatic heterocycles. The highest BCUT2D eigenvalue weighted by Gasteiger charge is 2.25. The Morgan fingerprint density at radius 1 is 0.732 bits per heavy atom. The standard InChI is InChI=1S/C50H32N4S2/c1-27-10-16-36-32(20-27)15-17-37-39-25-42(54-43-24-34-22-31-7-3-2-6-30(31)21-33(34)23-41(43)53-50(54)49(39)56-47(36)37)29-13-11-28(12-14-29)35-18-19-40-45-46(52-26-51-40)38-8-4-5-9-44(38)55-48(35)45/h2,4-6,8-19,21-27H,3,7,20H2,1H3. The summed E-state index contributed by atoms with van der Waals surface area (Å²) >= 11 is 3.73. The summed E-state index contributed by atoms with van der Waals surface area (Å²) in [5.74, 6) is 0.557. The van der Waals surface area contributed by atoms with E-state index in [0.29, 0.717) is 5.92 Å². The quantitative estimate of drug-likeness (QED) is 0.176. The number of thiophene rings is 1. The van der Waals surface area contributed by atoms with Gasteiger partial charge in [-0.15, -0.1) is 11.3 Å². The van der Waals surface area contributed by atoms with Crippen molar-refractivity contribution in [3.63, 3.8) is 0 Å². The van der Waals surface area contributed by atoms with E-state index in [1.807, 2.05) is 23.1 Å². The van der Waals surface area contributed by atoms with E-state index in [-0.39, 0.29) is 0 Å². The van der Waals surface area contributed by atoms with Crippen molar-refractivity contribution < 1.29 is 0 Å². The molecule has 0 N–H and O–H groups in total. The maximum absolute atomic E-state index is 5.48. The fraction of sp³-hybridized carbons (Fsp3) is 0.100. The lowest BCUT2D eigenvalue weighted by atomic mass is 9.90. The molecule has 2 aliphatic carbocycles. The van der Waals surface area contributed by atoms with E-state index in [1.165, 1.54) is 79.7 Å². The first-order valence-electron chi connectivity index (χ1n) is 19.4. The Bertz CT molecular complexity index is 3440. The predicted octanol–water partition coefficient (Wildman–Crippen LogP) is 13.6. The van der Waals surface area contributed by atoms with Crippen LogP contribution in [0.2, 0.25) is 0 Å². The highest BCUT2D eigenvalue weighted by molar-refractivity contribution is 8.00. The van der Waals surface area contributed by atoms with Crippen LogP contribution in [0, 0.1) is 5.92 Å². The molecule has 0 bridgehead atoms. The molecule has 6 aromatic carbocycles. The van der Waals surface area contributed by atoms with E-state index in [0.717, 1.165) is 63.8 Å². The maximum Gasteiger partial charge on any atom is 0.156 e. The predicted molar refractivity (Wildman–Crippen MR) is 236 cm³/mol. The molecule has 0 fully saturated rings. The Kier molecular flexibility index (Phi) is 6.39. The summed E-state index contributed by atoms with van der Waals surface area (Å²) in [6, 6.07) is 38.7. The van der Waals surface area contributed by atoms with Crippen LogP contribution in [-0.2, 0) is 12.8 Å². The molecular formula is C50H32N4S2. The second-order valence-corrected chi connectivity index (χ2v) is 17.7. The zero-order valence-electron chi connectivity index (χ0n) is 30.5. The number of hydrogen-bond acceptors (Lipinski definition) is 5. The Hall–Kier alpha value is -6.08. The van der Waals surface area contributed by atoms with Crippen molar-refractivity contribution in [1.82, 2.24) is 19.4 Å². The van der Waals surface area contributed by atoms with Crippen LogP contribution < -0.4 is 0 Å². The van der Waals surface area contributed by atoms with Gasteiger partial charge in [0.05, 0.1) is 32.6 Å². The molecule has 56 heavy (non-hydrogen) atoms. The molecule has 1 unspecified atom stereocenters. The van der Waals surface area contributed by atoms with E-state index >= 15 is 0 Å². The lowest BCUT2D eigenvalue weighted by Gasteiger charge is -2.21. The topological polar surface area (TPSA) is 43.1 Å². The van der Waals surface area contributed by atoms with Crippen LogP contribution in [0.1, 0.15) is 35.6 Å². The van der Waals surface area contributed by atoms with Crippen LogP contribution >= 0.6 is 23.1 Å². The average molecular weight is 753 g/mol. The number of benzene rings is 6. The van der Waals surface area contributed by atoms with E-state index < -0.39 is 0 Å². The number of hydrogen-bond donors (Lipinski definition) is 0. The molecule has 10 aromatic rings. The summed E-state index contributed by atoms with van der Waals surface area (Å²) in [4.78, 5) is 17.4. The van der Waals surface area contributed by atoms with Crippen molar-refractivity contribution in [3.8, 4) is 33.6 Å². The zero-order valence-corrected chi connectivity index (χ0v) is 32.1. The second kappa shape index (κ2) is 11.5. The Morgan fingerprint density at radius 2 is 1.62 bits per heavy atom. The first-order valence-corrected chi connectivity index (χ1v) is 21.1. The Balaban J connectivity index is 1.04. The third kappa shape index (κ3) is 4.40. The average Bonchev–Trinajstić information content (AvgIpc) is 3.80. The van der Waals surface area contributed by atoms with Crippen molar-refractivity contribution in [2.24, 2.45) is 5.92 Å². The van der Waals surface area contributed by atoms with Gasteiger partial charge in [-0.1, -0.05) is 110 Å². The molecule has 0 spiro atoms. The maximum atomic E-state index is 5.48. The van der Waals surface area contributed by atoms with Crippen molar-refractivity contribution >= 4 is 93.8 Å².